The van der Waals surface area contributed by atoms with Crippen LogP contribution in [0.1, 0.15) is 51.5 Å². The Balaban J connectivity index is 1.93. The van der Waals surface area contributed by atoms with Crippen LogP contribution in [0.5, 0.6) is 0 Å². The van der Waals surface area contributed by atoms with Gasteiger partial charge in [-0.3, -0.25) is 9.59 Å². The predicted octanol–water partition coefficient (Wildman–Crippen LogP) is 3.64. The number of unbranched alkanes of at least 4 members (excludes halogenated alkanes) is 1. The molecule has 2 rings (SSSR count). The summed E-state index contributed by atoms with van der Waals surface area (Å²) < 4.78 is 0. The molecule has 0 aliphatic heterocycles. The molecule has 2 amide bonds. The van der Waals surface area contributed by atoms with Crippen LogP contribution in [0.25, 0.3) is 0 Å². The SMILES string of the molecule is CCCCN(C)C(=O)C1CC1C(=O)Nc1ccccc1C(C)C. The molecule has 1 aromatic carbocycles. The third-order valence-corrected chi connectivity index (χ3v) is 4.51. The maximum absolute atomic E-state index is 12.4. The first-order chi connectivity index (χ1) is 11.0. The summed E-state index contributed by atoms with van der Waals surface area (Å²) in [5.74, 6) is 0.120. The fraction of sp³-hybridized carbons (Fsp3) is 0.579. The fourth-order valence-corrected chi connectivity index (χ4v) is 2.89. The summed E-state index contributed by atoms with van der Waals surface area (Å²) in [5.41, 5.74) is 1.99. The number of benzene rings is 1. The Morgan fingerprint density at radius 2 is 1.96 bits per heavy atom. The number of carbonyl (C=O) groups is 2. The number of anilines is 1. The highest BCUT2D eigenvalue weighted by atomic mass is 16.2. The molecule has 1 aliphatic rings. The minimum atomic E-state index is -0.174. The first-order valence-corrected chi connectivity index (χ1v) is 8.60. The lowest BCUT2D eigenvalue weighted by molar-refractivity contribution is -0.132. The maximum atomic E-state index is 12.4. The van der Waals surface area contributed by atoms with Gasteiger partial charge < -0.3 is 10.2 Å². The molecule has 1 aliphatic carbocycles. The molecule has 4 nitrogen and oxygen atoms in total. The predicted molar refractivity (Wildman–Crippen MR) is 93.3 cm³/mol. The lowest BCUT2D eigenvalue weighted by Crippen LogP contribution is -2.30. The van der Waals surface area contributed by atoms with Crippen LogP contribution in [0.4, 0.5) is 5.69 Å². The summed E-state index contributed by atoms with van der Waals surface area (Å²) >= 11 is 0. The largest absolute Gasteiger partial charge is 0.346 e. The summed E-state index contributed by atoms with van der Waals surface area (Å²) in [4.78, 5) is 26.5. The van der Waals surface area contributed by atoms with Gasteiger partial charge >= 0.3 is 0 Å². The molecule has 0 aromatic heterocycles. The van der Waals surface area contributed by atoms with Crippen LogP contribution in [0.3, 0.4) is 0 Å². The van der Waals surface area contributed by atoms with E-state index in [2.05, 4.69) is 26.1 Å². The number of amides is 2. The van der Waals surface area contributed by atoms with E-state index in [1.807, 2.05) is 31.3 Å². The quantitative estimate of drug-likeness (QED) is 0.835. The number of nitrogens with zero attached hydrogens (tertiary/aromatic N) is 1. The number of nitrogens with one attached hydrogen (secondary N) is 1. The van der Waals surface area contributed by atoms with Gasteiger partial charge in [-0.1, -0.05) is 45.4 Å². The highest BCUT2D eigenvalue weighted by Gasteiger charge is 2.49. The summed E-state index contributed by atoms with van der Waals surface area (Å²) in [5, 5.41) is 3.01. The fourth-order valence-electron chi connectivity index (χ4n) is 2.89. The van der Waals surface area contributed by atoms with E-state index in [4.69, 9.17) is 0 Å². The first kappa shape index (κ1) is 17.5. The summed E-state index contributed by atoms with van der Waals surface area (Å²) in [7, 11) is 1.83. The zero-order chi connectivity index (χ0) is 17.0. The third-order valence-electron chi connectivity index (χ3n) is 4.51. The van der Waals surface area contributed by atoms with E-state index >= 15 is 0 Å². The maximum Gasteiger partial charge on any atom is 0.228 e. The van der Waals surface area contributed by atoms with Crippen LogP contribution in [0, 0.1) is 11.8 Å². The van der Waals surface area contributed by atoms with Gasteiger partial charge in [-0.2, -0.15) is 0 Å². The van der Waals surface area contributed by atoms with Gasteiger partial charge in [-0.15, -0.1) is 0 Å². The molecular weight excluding hydrogens is 288 g/mol. The van der Waals surface area contributed by atoms with Gasteiger partial charge in [0.05, 0.1) is 11.8 Å². The van der Waals surface area contributed by atoms with Crippen LogP contribution in [0.15, 0.2) is 24.3 Å². The Kier molecular flexibility index (Phi) is 5.80. The van der Waals surface area contributed by atoms with Gasteiger partial charge in [0.15, 0.2) is 0 Å². The van der Waals surface area contributed by atoms with E-state index < -0.39 is 0 Å². The summed E-state index contributed by atoms with van der Waals surface area (Å²) in [6, 6.07) is 7.88. The molecule has 23 heavy (non-hydrogen) atoms. The van der Waals surface area contributed by atoms with Crippen molar-refractivity contribution in [3.8, 4) is 0 Å². The summed E-state index contributed by atoms with van der Waals surface area (Å²) in [6.07, 6.45) is 2.75. The molecule has 2 atom stereocenters. The van der Waals surface area contributed by atoms with Gasteiger partial charge in [0.25, 0.3) is 0 Å². The van der Waals surface area contributed by atoms with Gasteiger partial charge in [0.1, 0.15) is 0 Å². The van der Waals surface area contributed by atoms with Gasteiger partial charge in [0.2, 0.25) is 11.8 Å². The number of rotatable bonds is 7. The zero-order valence-electron chi connectivity index (χ0n) is 14.6. The average molecular weight is 316 g/mol. The van der Waals surface area contributed by atoms with E-state index in [9.17, 15) is 9.59 Å². The highest BCUT2D eigenvalue weighted by molar-refractivity contribution is 5.99. The van der Waals surface area contributed by atoms with Crippen molar-refractivity contribution in [1.82, 2.24) is 4.90 Å². The number of hydrogen-bond acceptors (Lipinski definition) is 2. The van der Waals surface area contributed by atoms with Crippen molar-refractivity contribution >= 4 is 17.5 Å². The molecule has 4 heteroatoms. The number of hydrogen-bond donors (Lipinski definition) is 1. The topological polar surface area (TPSA) is 49.4 Å². The molecule has 1 N–H and O–H groups in total. The van der Waals surface area contributed by atoms with E-state index in [-0.39, 0.29) is 23.7 Å². The lowest BCUT2D eigenvalue weighted by atomic mass is 10.0. The van der Waals surface area contributed by atoms with Crippen molar-refractivity contribution in [2.24, 2.45) is 11.8 Å². The van der Waals surface area contributed by atoms with Crippen molar-refractivity contribution in [2.45, 2.75) is 46.0 Å². The van der Waals surface area contributed by atoms with Crippen LogP contribution in [0.2, 0.25) is 0 Å². The Hall–Kier alpha value is -1.84. The number of para-hydroxylation sites is 1. The average Bonchev–Trinajstić information content (AvgIpc) is 3.32. The normalized spacial score (nSPS) is 19.5. The zero-order valence-corrected chi connectivity index (χ0v) is 14.6. The van der Waals surface area contributed by atoms with Crippen molar-refractivity contribution in [1.29, 1.82) is 0 Å². The molecule has 1 aromatic rings. The van der Waals surface area contributed by atoms with Crippen molar-refractivity contribution in [3.05, 3.63) is 29.8 Å². The second-order valence-electron chi connectivity index (χ2n) is 6.79. The third kappa shape index (κ3) is 4.34. The molecule has 0 spiro atoms. The highest BCUT2D eigenvalue weighted by Crippen LogP contribution is 2.41. The molecular formula is C19H28N2O2. The standard InChI is InChI=1S/C19H28N2O2/c1-5-6-11-21(4)19(23)16-12-15(16)18(22)20-17-10-8-7-9-14(17)13(2)3/h7-10,13,15-16H,5-6,11-12H2,1-4H3,(H,20,22). The Morgan fingerprint density at radius 1 is 1.26 bits per heavy atom. The van der Waals surface area contributed by atoms with Crippen LogP contribution in [-0.2, 0) is 9.59 Å². The van der Waals surface area contributed by atoms with Gasteiger partial charge in [-0.05, 0) is 30.4 Å². The minimum absolute atomic E-state index is 0.0275. The van der Waals surface area contributed by atoms with Crippen molar-refractivity contribution < 1.29 is 9.59 Å². The first-order valence-electron chi connectivity index (χ1n) is 8.60. The van der Waals surface area contributed by atoms with Crippen LogP contribution >= 0.6 is 0 Å². The molecule has 126 valence electrons. The van der Waals surface area contributed by atoms with E-state index in [1.54, 1.807) is 4.90 Å². The molecule has 0 radical (unpaired) electrons. The lowest BCUT2D eigenvalue weighted by Gasteiger charge is -2.17. The smallest absolute Gasteiger partial charge is 0.228 e. The van der Waals surface area contributed by atoms with Crippen LogP contribution in [-0.4, -0.2) is 30.3 Å². The van der Waals surface area contributed by atoms with Gasteiger partial charge in [0, 0.05) is 19.3 Å². The second kappa shape index (κ2) is 7.62. The minimum Gasteiger partial charge on any atom is -0.346 e. The van der Waals surface area contributed by atoms with Crippen LogP contribution < -0.4 is 5.32 Å². The molecule has 1 saturated carbocycles. The molecule has 0 heterocycles. The van der Waals surface area contributed by atoms with E-state index in [1.165, 1.54) is 0 Å². The molecule has 1 fully saturated rings. The Bertz CT molecular complexity index is 568. The van der Waals surface area contributed by atoms with Gasteiger partial charge in [-0.25, -0.2) is 0 Å². The monoisotopic (exact) mass is 316 g/mol. The molecule has 0 saturated heterocycles. The summed E-state index contributed by atoms with van der Waals surface area (Å²) in [6.45, 7) is 7.10. The molecule has 2 unspecified atom stereocenters. The number of carbonyl (C=O) groups excluding carboxylic acids is 2. The second-order valence-corrected chi connectivity index (χ2v) is 6.79. The Labute approximate surface area is 139 Å². The molecule has 0 bridgehead atoms. The van der Waals surface area contributed by atoms with E-state index in [0.29, 0.717) is 12.3 Å². The van der Waals surface area contributed by atoms with Crippen molar-refractivity contribution in [2.75, 3.05) is 18.9 Å². The Morgan fingerprint density at radius 3 is 2.61 bits per heavy atom. The van der Waals surface area contributed by atoms with E-state index in [0.717, 1.165) is 30.6 Å². The van der Waals surface area contributed by atoms with Crippen molar-refractivity contribution in [3.63, 3.8) is 0 Å².